The summed E-state index contributed by atoms with van der Waals surface area (Å²) < 4.78 is 31.0. The maximum Gasteiger partial charge on any atom is 0.276 e. The van der Waals surface area contributed by atoms with E-state index in [1.54, 1.807) is 13.0 Å². The molecule has 0 radical (unpaired) electrons. The number of anilines is 1. The van der Waals surface area contributed by atoms with Gasteiger partial charge < -0.3 is 15.8 Å². The third-order valence-corrected chi connectivity index (χ3v) is 7.21. The predicted octanol–water partition coefficient (Wildman–Crippen LogP) is 1.62. The van der Waals surface area contributed by atoms with Gasteiger partial charge in [0.25, 0.3) is 5.91 Å². The van der Waals surface area contributed by atoms with E-state index in [0.29, 0.717) is 23.7 Å². The van der Waals surface area contributed by atoms with Crippen molar-refractivity contribution in [2.75, 3.05) is 25.2 Å². The molecule has 1 unspecified atom stereocenters. The summed E-state index contributed by atoms with van der Waals surface area (Å²) in [6.07, 6.45) is 3.77. The average molecular weight is 447 g/mol. The second kappa shape index (κ2) is 8.88. The Labute approximate surface area is 181 Å². The number of aryl methyl sites for hydroxylation is 2. The molecular formula is C20H26N6O4S. The second-order valence-electron chi connectivity index (χ2n) is 7.43. The van der Waals surface area contributed by atoms with Crippen LogP contribution in [-0.2, 0) is 16.4 Å². The van der Waals surface area contributed by atoms with Gasteiger partial charge in [-0.05, 0) is 55.4 Å². The molecule has 1 amide bonds. The first kappa shape index (κ1) is 22.5. The molecular weight excluding hydrogens is 420 g/mol. The van der Waals surface area contributed by atoms with Crippen LogP contribution in [0.15, 0.2) is 24.4 Å². The van der Waals surface area contributed by atoms with Gasteiger partial charge in [0.15, 0.2) is 0 Å². The number of methoxy groups -OCH3 is 1. The summed E-state index contributed by atoms with van der Waals surface area (Å²) in [5.74, 6) is -1.02. The first-order valence-electron chi connectivity index (χ1n) is 9.75. The van der Waals surface area contributed by atoms with Crippen LogP contribution in [0.1, 0.15) is 46.1 Å². The van der Waals surface area contributed by atoms with Gasteiger partial charge in [-0.2, -0.15) is 0 Å². The molecule has 0 spiro atoms. The van der Waals surface area contributed by atoms with Crippen molar-refractivity contribution in [3.8, 4) is 5.88 Å². The smallest absolute Gasteiger partial charge is 0.276 e. The van der Waals surface area contributed by atoms with Gasteiger partial charge in [-0.25, -0.2) is 22.7 Å². The van der Waals surface area contributed by atoms with E-state index in [4.69, 9.17) is 15.9 Å². The van der Waals surface area contributed by atoms with Crippen LogP contribution in [0.2, 0.25) is 0 Å². The van der Waals surface area contributed by atoms with E-state index in [-0.39, 0.29) is 17.4 Å². The van der Waals surface area contributed by atoms with Gasteiger partial charge >= 0.3 is 0 Å². The van der Waals surface area contributed by atoms with Crippen molar-refractivity contribution in [3.63, 3.8) is 0 Å². The molecule has 1 aliphatic carbocycles. The van der Waals surface area contributed by atoms with Crippen LogP contribution in [0.5, 0.6) is 5.88 Å². The molecule has 4 N–H and O–H groups in total. The summed E-state index contributed by atoms with van der Waals surface area (Å²) in [4.78, 5) is 21.0. The number of carbonyl (C=O) groups is 1. The predicted molar refractivity (Wildman–Crippen MR) is 117 cm³/mol. The Morgan fingerprint density at radius 3 is 2.81 bits per heavy atom. The van der Waals surface area contributed by atoms with Crippen LogP contribution in [0.3, 0.4) is 0 Å². The van der Waals surface area contributed by atoms with Crippen molar-refractivity contribution < 1.29 is 17.9 Å². The number of benzene rings is 1. The van der Waals surface area contributed by atoms with Gasteiger partial charge in [0.1, 0.15) is 5.69 Å². The number of ether oxygens (including phenoxy) is 1. The fraction of sp³-hybridized carbons (Fsp3) is 0.400. The Bertz CT molecular complexity index is 1120. The first-order chi connectivity index (χ1) is 14.6. The number of aromatic nitrogens is 2. The molecule has 0 saturated carbocycles. The van der Waals surface area contributed by atoms with E-state index in [1.165, 1.54) is 20.4 Å². The normalized spacial score (nSPS) is 15.6. The third kappa shape index (κ3) is 4.93. The minimum atomic E-state index is -3.73. The van der Waals surface area contributed by atoms with Gasteiger partial charge in [-0.1, -0.05) is 6.07 Å². The van der Waals surface area contributed by atoms with Crippen LogP contribution in [0, 0.1) is 12.3 Å². The van der Waals surface area contributed by atoms with E-state index in [0.717, 1.165) is 28.3 Å². The Morgan fingerprint density at radius 1 is 1.42 bits per heavy atom. The SMILES string of the molecule is COc1cnc(C(=O)Nc2ccc3c(c2)C(CS(=O)(=O)N(C)C(=N)N)CCC3)c(C)n1. The molecule has 11 heteroatoms. The molecule has 1 atom stereocenters. The van der Waals surface area contributed by atoms with Crippen molar-refractivity contribution in [2.45, 2.75) is 32.1 Å². The topological polar surface area (TPSA) is 151 Å². The van der Waals surface area contributed by atoms with E-state index < -0.39 is 21.9 Å². The lowest BCUT2D eigenvalue weighted by Crippen LogP contribution is -2.40. The van der Waals surface area contributed by atoms with Crippen molar-refractivity contribution in [3.05, 3.63) is 46.9 Å². The fourth-order valence-corrected chi connectivity index (χ4v) is 5.01. The quantitative estimate of drug-likeness (QED) is 0.450. The largest absolute Gasteiger partial charge is 0.480 e. The molecule has 1 aromatic heterocycles. The molecule has 0 fully saturated rings. The number of fused-ring (bicyclic) bond motifs is 1. The average Bonchev–Trinajstić information content (AvgIpc) is 2.73. The zero-order chi connectivity index (χ0) is 22.8. The van der Waals surface area contributed by atoms with E-state index >= 15 is 0 Å². The van der Waals surface area contributed by atoms with Crippen LogP contribution >= 0.6 is 0 Å². The number of nitrogens with two attached hydrogens (primary N) is 1. The summed E-state index contributed by atoms with van der Waals surface area (Å²) in [6, 6.07) is 5.51. The number of nitrogens with one attached hydrogen (secondary N) is 2. The Hall–Kier alpha value is -3.21. The van der Waals surface area contributed by atoms with Crippen LogP contribution < -0.4 is 15.8 Å². The highest BCUT2D eigenvalue weighted by molar-refractivity contribution is 7.89. The molecule has 0 bridgehead atoms. The monoisotopic (exact) mass is 446 g/mol. The number of nitrogens with zero attached hydrogens (tertiary/aromatic N) is 3. The molecule has 2 aromatic rings. The van der Waals surface area contributed by atoms with E-state index in [2.05, 4.69) is 15.3 Å². The number of sulfonamides is 1. The lowest BCUT2D eigenvalue weighted by Gasteiger charge is -2.28. The van der Waals surface area contributed by atoms with Crippen LogP contribution in [-0.4, -0.2) is 54.5 Å². The standard InChI is InChI=1S/C20H26N6O4S/c1-12-18(23-10-17(24-12)30-3)19(27)25-15-8-7-13-5-4-6-14(16(13)9-15)11-31(28,29)26(2)20(21)22/h7-10,14H,4-6,11H2,1-3H3,(H3,21,22)(H,25,27). The van der Waals surface area contributed by atoms with Gasteiger partial charge in [0.2, 0.25) is 21.9 Å². The molecule has 0 aliphatic heterocycles. The molecule has 166 valence electrons. The number of guanidine groups is 1. The first-order valence-corrected chi connectivity index (χ1v) is 11.4. The molecule has 0 saturated heterocycles. The Morgan fingerprint density at radius 2 is 2.16 bits per heavy atom. The highest BCUT2D eigenvalue weighted by Gasteiger charge is 2.29. The Kier molecular flexibility index (Phi) is 6.44. The lowest BCUT2D eigenvalue weighted by molar-refractivity contribution is 0.102. The van der Waals surface area contributed by atoms with Crippen molar-refractivity contribution in [2.24, 2.45) is 5.73 Å². The van der Waals surface area contributed by atoms with Gasteiger partial charge in [-0.15, -0.1) is 0 Å². The van der Waals surface area contributed by atoms with Crippen molar-refractivity contribution in [1.29, 1.82) is 5.41 Å². The number of hydrogen-bond acceptors (Lipinski definition) is 7. The summed E-state index contributed by atoms with van der Waals surface area (Å²) >= 11 is 0. The maximum atomic E-state index is 12.7. The molecule has 10 nitrogen and oxygen atoms in total. The van der Waals surface area contributed by atoms with Crippen molar-refractivity contribution >= 4 is 27.6 Å². The van der Waals surface area contributed by atoms with Gasteiger partial charge in [0.05, 0.1) is 24.8 Å². The van der Waals surface area contributed by atoms with E-state index in [9.17, 15) is 13.2 Å². The molecule has 3 rings (SSSR count). The van der Waals surface area contributed by atoms with Crippen LogP contribution in [0.4, 0.5) is 5.69 Å². The fourth-order valence-electron chi connectivity index (χ4n) is 3.64. The maximum absolute atomic E-state index is 12.7. The Balaban J connectivity index is 1.84. The minimum absolute atomic E-state index is 0.156. The summed E-state index contributed by atoms with van der Waals surface area (Å²) in [6.45, 7) is 1.67. The summed E-state index contributed by atoms with van der Waals surface area (Å²) in [5, 5.41) is 10.2. The number of rotatable bonds is 6. The molecule has 1 aliphatic rings. The van der Waals surface area contributed by atoms with Gasteiger partial charge in [0, 0.05) is 12.7 Å². The van der Waals surface area contributed by atoms with Crippen LogP contribution in [0.25, 0.3) is 0 Å². The zero-order valence-corrected chi connectivity index (χ0v) is 18.5. The molecule has 31 heavy (non-hydrogen) atoms. The summed E-state index contributed by atoms with van der Waals surface area (Å²) in [7, 11) is -0.979. The number of amides is 1. The third-order valence-electron chi connectivity index (χ3n) is 5.36. The van der Waals surface area contributed by atoms with Crippen molar-refractivity contribution in [1.82, 2.24) is 14.3 Å². The lowest BCUT2D eigenvalue weighted by atomic mass is 9.83. The number of hydrogen-bond donors (Lipinski definition) is 3. The van der Waals surface area contributed by atoms with Gasteiger partial charge in [-0.3, -0.25) is 10.2 Å². The minimum Gasteiger partial charge on any atom is -0.480 e. The van der Waals surface area contributed by atoms with E-state index in [1.807, 2.05) is 12.1 Å². The highest BCUT2D eigenvalue weighted by Crippen LogP contribution is 2.35. The number of carbonyl (C=O) groups excluding carboxylic acids is 1. The highest BCUT2D eigenvalue weighted by atomic mass is 32.2. The summed E-state index contributed by atoms with van der Waals surface area (Å²) in [5.41, 5.74) is 8.44. The zero-order valence-electron chi connectivity index (χ0n) is 17.7. The molecule has 1 heterocycles. The molecule has 1 aromatic carbocycles. The second-order valence-corrected chi connectivity index (χ2v) is 9.48.